The summed E-state index contributed by atoms with van der Waals surface area (Å²) in [6, 6.07) is 44.2. The summed E-state index contributed by atoms with van der Waals surface area (Å²) in [5.41, 5.74) is 4.07. The van der Waals surface area contributed by atoms with E-state index < -0.39 is 24.2 Å². The van der Waals surface area contributed by atoms with Gasteiger partial charge in [-0.15, -0.1) is 0 Å². The number of hydrogen-bond acceptors (Lipinski definition) is 2. The van der Waals surface area contributed by atoms with Gasteiger partial charge in [-0.1, -0.05) is 145 Å². The zero-order valence-corrected chi connectivity index (χ0v) is 27.8. The minimum absolute atomic E-state index is 0.111. The van der Waals surface area contributed by atoms with Gasteiger partial charge in [0, 0.05) is 33.1 Å². The van der Waals surface area contributed by atoms with Crippen molar-refractivity contribution in [2.75, 3.05) is 4.90 Å². The Kier molecular flexibility index (Phi) is 5.45. The maximum absolute atomic E-state index is 9.63. The second-order valence-electron chi connectivity index (χ2n) is 12.7. The molecule has 0 fully saturated rings. The van der Waals surface area contributed by atoms with Crippen LogP contribution in [-0.2, 0) is 0 Å². The van der Waals surface area contributed by atoms with Gasteiger partial charge in [0.05, 0.1) is 16.7 Å². The fraction of sp³-hybridized carbons (Fsp3) is 0. The van der Waals surface area contributed by atoms with E-state index in [0.717, 1.165) is 49.0 Å². The Morgan fingerprint density at radius 1 is 0.385 bits per heavy atom. The Hall–Kier alpha value is -6.90. The number of para-hydroxylation sites is 2. The van der Waals surface area contributed by atoms with Gasteiger partial charge in [-0.3, -0.25) is 0 Å². The topological polar surface area (TPSA) is 16.4 Å². The summed E-state index contributed by atoms with van der Waals surface area (Å²) in [5.74, 6) is 0. The monoisotopic (exact) mass is 671 g/mol. The van der Waals surface area contributed by atoms with Crippen molar-refractivity contribution in [3.8, 4) is 33.4 Å². The van der Waals surface area contributed by atoms with Crippen molar-refractivity contribution in [3.05, 3.63) is 200 Å². The van der Waals surface area contributed by atoms with Crippen molar-refractivity contribution in [3.63, 3.8) is 0 Å². The molecule has 0 saturated carbocycles. The molecule has 0 radical (unpaired) electrons. The van der Waals surface area contributed by atoms with Crippen LogP contribution in [0.25, 0.3) is 76.9 Å². The van der Waals surface area contributed by atoms with Crippen LogP contribution in [-0.4, -0.2) is 0 Å². The Morgan fingerprint density at radius 3 is 1.85 bits per heavy atom. The standard InChI is InChI=1S/C50H33NO/c1-2-11-34(12-3-1)35-21-27-40(28-22-35)51(41-29-23-37(24-30-41)43-18-10-14-36-13-4-5-15-42(36)43)48-19-8-6-16-44(48)38-25-31-45-39(33-38)26-32-47-46-17-7-9-20-49(46)52-50(45)47/h1-33H/i21D,22D,23D,24D,27D,28D,29D,30D. The van der Waals surface area contributed by atoms with E-state index in [4.69, 9.17) is 4.42 Å². The number of anilines is 3. The number of fused-ring (bicyclic) bond motifs is 6. The van der Waals surface area contributed by atoms with Crippen LogP contribution < -0.4 is 4.90 Å². The van der Waals surface area contributed by atoms with Crippen molar-refractivity contribution in [1.29, 1.82) is 0 Å². The molecule has 244 valence electrons. The third kappa shape index (κ3) is 5.12. The number of furan rings is 1. The highest BCUT2D eigenvalue weighted by Gasteiger charge is 2.19. The van der Waals surface area contributed by atoms with Crippen LogP contribution in [0.4, 0.5) is 17.1 Å². The van der Waals surface area contributed by atoms with Crippen LogP contribution in [0, 0.1) is 0 Å². The smallest absolute Gasteiger partial charge is 0.143 e. The largest absolute Gasteiger partial charge is 0.455 e. The second-order valence-corrected chi connectivity index (χ2v) is 12.7. The predicted octanol–water partition coefficient (Wildman–Crippen LogP) is 14.4. The number of benzene rings is 9. The van der Waals surface area contributed by atoms with Crippen LogP contribution in [0.3, 0.4) is 0 Å². The first kappa shape index (κ1) is 22.7. The predicted molar refractivity (Wildman–Crippen MR) is 220 cm³/mol. The van der Waals surface area contributed by atoms with E-state index in [1.807, 2.05) is 109 Å². The lowest BCUT2D eigenvalue weighted by Crippen LogP contribution is -2.11. The van der Waals surface area contributed by atoms with Gasteiger partial charge < -0.3 is 9.32 Å². The minimum atomic E-state index is -0.400. The summed E-state index contributed by atoms with van der Waals surface area (Å²) in [4.78, 5) is 1.38. The van der Waals surface area contributed by atoms with Gasteiger partial charge in [0.1, 0.15) is 11.2 Å². The summed E-state index contributed by atoms with van der Waals surface area (Å²) < 4.78 is 82.1. The van der Waals surface area contributed by atoms with E-state index in [-0.39, 0.29) is 46.7 Å². The lowest BCUT2D eigenvalue weighted by Gasteiger charge is -2.28. The zero-order valence-electron chi connectivity index (χ0n) is 35.8. The molecule has 10 aromatic rings. The first-order chi connectivity index (χ1) is 29.1. The molecule has 1 heterocycles. The SMILES string of the molecule is [2H]c1c([2H])c(N(c2ccccc2-c2ccc3c(ccc4c5ccccc5oc34)c2)c2c([2H])c([2H])c(-c3cccc4ccccc34)c([2H])c2[2H])c([2H])c([2H])c1-c1ccccc1. The van der Waals surface area contributed by atoms with Crippen LogP contribution in [0.2, 0.25) is 0 Å². The summed E-state index contributed by atoms with van der Waals surface area (Å²) in [6.45, 7) is 0. The Labute approximate surface area is 313 Å². The highest BCUT2D eigenvalue weighted by molar-refractivity contribution is 6.15. The summed E-state index contributed by atoms with van der Waals surface area (Å²) in [5, 5.41) is 5.45. The highest BCUT2D eigenvalue weighted by Crippen LogP contribution is 2.43. The number of hydrogen-bond donors (Lipinski definition) is 0. The molecule has 0 aliphatic heterocycles. The highest BCUT2D eigenvalue weighted by atomic mass is 16.3. The minimum Gasteiger partial charge on any atom is -0.455 e. The summed E-state index contributed by atoms with van der Waals surface area (Å²) in [7, 11) is 0. The molecular formula is C50H33NO. The third-order valence-corrected chi connectivity index (χ3v) is 9.61. The maximum Gasteiger partial charge on any atom is 0.143 e. The second kappa shape index (κ2) is 12.5. The van der Waals surface area contributed by atoms with Gasteiger partial charge in [0.2, 0.25) is 0 Å². The molecule has 0 unspecified atom stereocenters. The van der Waals surface area contributed by atoms with E-state index in [9.17, 15) is 11.0 Å². The van der Waals surface area contributed by atoms with Gasteiger partial charge in [0.25, 0.3) is 0 Å². The summed E-state index contributed by atoms with van der Waals surface area (Å²) in [6.07, 6.45) is 0. The van der Waals surface area contributed by atoms with Crippen molar-refractivity contribution >= 4 is 60.5 Å². The quantitative estimate of drug-likeness (QED) is 0.175. The Bertz CT molecular complexity index is 3320. The molecule has 0 N–H and O–H groups in total. The molecule has 2 heteroatoms. The summed E-state index contributed by atoms with van der Waals surface area (Å²) >= 11 is 0. The van der Waals surface area contributed by atoms with Crippen LogP contribution in [0.5, 0.6) is 0 Å². The van der Waals surface area contributed by atoms with E-state index in [1.165, 1.54) is 4.90 Å². The first-order valence-corrected chi connectivity index (χ1v) is 17.1. The maximum atomic E-state index is 9.63. The van der Waals surface area contributed by atoms with E-state index >= 15 is 0 Å². The van der Waals surface area contributed by atoms with E-state index in [2.05, 4.69) is 0 Å². The molecule has 0 amide bonds. The Morgan fingerprint density at radius 2 is 1.02 bits per heavy atom. The van der Waals surface area contributed by atoms with Crippen molar-refractivity contribution in [2.24, 2.45) is 0 Å². The fourth-order valence-corrected chi connectivity index (χ4v) is 7.11. The number of rotatable bonds is 6. The van der Waals surface area contributed by atoms with E-state index in [1.54, 1.807) is 42.5 Å². The number of nitrogens with zero attached hydrogens (tertiary/aromatic N) is 1. The molecule has 1 aromatic heterocycles. The first-order valence-electron chi connectivity index (χ1n) is 21.1. The van der Waals surface area contributed by atoms with Gasteiger partial charge in [-0.05, 0) is 98.5 Å². The van der Waals surface area contributed by atoms with Crippen molar-refractivity contribution < 1.29 is 15.4 Å². The molecule has 0 saturated heterocycles. The lowest BCUT2D eigenvalue weighted by molar-refractivity contribution is 0.672. The van der Waals surface area contributed by atoms with Crippen LogP contribution in [0.15, 0.2) is 204 Å². The van der Waals surface area contributed by atoms with Gasteiger partial charge in [0.15, 0.2) is 0 Å². The van der Waals surface area contributed by atoms with Gasteiger partial charge in [-0.2, -0.15) is 0 Å². The molecule has 9 aromatic carbocycles. The molecular weight excluding hydrogens is 631 g/mol. The normalized spacial score (nSPS) is 13.6. The van der Waals surface area contributed by atoms with Crippen LogP contribution in [0.1, 0.15) is 11.0 Å². The van der Waals surface area contributed by atoms with Gasteiger partial charge in [-0.25, -0.2) is 0 Å². The van der Waals surface area contributed by atoms with Crippen molar-refractivity contribution in [1.82, 2.24) is 0 Å². The molecule has 0 aliphatic carbocycles. The average molecular weight is 672 g/mol. The molecule has 10 rings (SSSR count). The molecule has 0 bridgehead atoms. The lowest BCUT2D eigenvalue weighted by atomic mass is 9.96. The third-order valence-electron chi connectivity index (χ3n) is 9.61. The molecule has 2 nitrogen and oxygen atoms in total. The Balaban J connectivity index is 1.25. The molecule has 0 spiro atoms. The molecule has 52 heavy (non-hydrogen) atoms. The van der Waals surface area contributed by atoms with E-state index in [0.29, 0.717) is 22.4 Å². The van der Waals surface area contributed by atoms with Crippen molar-refractivity contribution in [2.45, 2.75) is 0 Å². The van der Waals surface area contributed by atoms with Crippen LogP contribution >= 0.6 is 0 Å². The average Bonchev–Trinajstić information content (AvgIpc) is 3.67. The fourth-order valence-electron chi connectivity index (χ4n) is 7.11. The molecule has 0 aliphatic rings. The zero-order chi connectivity index (χ0) is 41.4. The van der Waals surface area contributed by atoms with Gasteiger partial charge >= 0.3 is 0 Å². The molecule has 0 atom stereocenters.